The first-order valence-corrected chi connectivity index (χ1v) is 8.16. The van der Waals surface area contributed by atoms with Gasteiger partial charge in [-0.15, -0.1) is 10.2 Å². The summed E-state index contributed by atoms with van der Waals surface area (Å²) in [6.07, 6.45) is 3.57. The summed E-state index contributed by atoms with van der Waals surface area (Å²) in [6, 6.07) is 9.22. The van der Waals surface area contributed by atoms with Crippen molar-refractivity contribution in [3.05, 3.63) is 63.3 Å². The number of amides is 1. The molecule has 2 aromatic heterocycles. The van der Waals surface area contributed by atoms with Gasteiger partial charge in [-0.05, 0) is 30.7 Å². The molecule has 1 unspecified atom stereocenters. The van der Waals surface area contributed by atoms with Crippen LogP contribution in [0.4, 0.5) is 0 Å². The largest absolute Gasteiger partial charge is 0.347 e. The zero-order chi connectivity index (χ0) is 16.2. The third-order valence-corrected chi connectivity index (χ3v) is 4.36. The maximum Gasteiger partial charge on any atom is 0.282 e. The van der Waals surface area contributed by atoms with Crippen molar-refractivity contribution in [3.63, 3.8) is 0 Å². The molecule has 1 atom stereocenters. The number of hydrogen-bond donors (Lipinski definition) is 1. The number of aromatic nitrogens is 4. The minimum atomic E-state index is -0.235. The Labute approximate surface area is 142 Å². The Morgan fingerprint density at radius 2 is 2.13 bits per heavy atom. The summed E-state index contributed by atoms with van der Waals surface area (Å²) in [5.41, 5.74) is 1.01. The summed E-state index contributed by atoms with van der Waals surface area (Å²) in [5.74, 6) is -0.235. The van der Waals surface area contributed by atoms with Crippen LogP contribution in [-0.4, -0.2) is 32.4 Å². The van der Waals surface area contributed by atoms with Gasteiger partial charge in [-0.3, -0.25) is 9.48 Å². The standard InChI is InChI=1S/C15H14ClN5OS/c1-10-19-20-15(23-10)14(22)17-9-13(21-8-2-7-18-21)11-3-5-12(16)6-4-11/h2-8,13H,9H2,1H3,(H,17,22). The summed E-state index contributed by atoms with van der Waals surface area (Å²) in [5, 5.41) is 16.7. The average Bonchev–Trinajstić information content (AvgIpc) is 3.21. The molecule has 3 rings (SSSR count). The van der Waals surface area contributed by atoms with Gasteiger partial charge in [0.25, 0.3) is 5.91 Å². The van der Waals surface area contributed by atoms with Crippen LogP contribution < -0.4 is 5.32 Å². The first-order valence-electron chi connectivity index (χ1n) is 6.96. The quantitative estimate of drug-likeness (QED) is 0.770. The predicted octanol–water partition coefficient (Wildman–Crippen LogP) is 2.72. The third-order valence-electron chi connectivity index (χ3n) is 3.28. The summed E-state index contributed by atoms with van der Waals surface area (Å²) in [4.78, 5) is 12.2. The van der Waals surface area contributed by atoms with E-state index in [1.807, 2.05) is 43.5 Å². The van der Waals surface area contributed by atoms with Crippen molar-refractivity contribution >= 4 is 28.8 Å². The smallest absolute Gasteiger partial charge is 0.282 e. The van der Waals surface area contributed by atoms with Gasteiger partial charge in [0.1, 0.15) is 5.01 Å². The normalized spacial score (nSPS) is 12.1. The van der Waals surface area contributed by atoms with Crippen LogP contribution in [0.5, 0.6) is 0 Å². The highest BCUT2D eigenvalue weighted by molar-refractivity contribution is 7.13. The van der Waals surface area contributed by atoms with Crippen LogP contribution in [0.3, 0.4) is 0 Å². The molecule has 3 aromatic rings. The zero-order valence-electron chi connectivity index (χ0n) is 12.3. The summed E-state index contributed by atoms with van der Waals surface area (Å²) in [6.45, 7) is 2.20. The topological polar surface area (TPSA) is 72.7 Å². The molecule has 0 aliphatic carbocycles. The number of nitrogens with zero attached hydrogens (tertiary/aromatic N) is 4. The molecule has 0 saturated carbocycles. The lowest BCUT2D eigenvalue weighted by molar-refractivity contribution is 0.0948. The van der Waals surface area contributed by atoms with Gasteiger partial charge in [0.2, 0.25) is 5.01 Å². The molecule has 1 aromatic carbocycles. The molecular weight excluding hydrogens is 334 g/mol. The van der Waals surface area contributed by atoms with Crippen molar-refractivity contribution < 1.29 is 4.79 Å². The Morgan fingerprint density at radius 3 is 2.74 bits per heavy atom. The van der Waals surface area contributed by atoms with E-state index in [0.717, 1.165) is 10.6 Å². The van der Waals surface area contributed by atoms with Gasteiger partial charge >= 0.3 is 0 Å². The van der Waals surface area contributed by atoms with Crippen LogP contribution in [0.15, 0.2) is 42.7 Å². The van der Waals surface area contributed by atoms with Gasteiger partial charge in [-0.2, -0.15) is 5.10 Å². The maximum atomic E-state index is 12.2. The second-order valence-corrected chi connectivity index (χ2v) is 6.51. The van der Waals surface area contributed by atoms with Gasteiger partial charge < -0.3 is 5.32 Å². The van der Waals surface area contributed by atoms with Crippen LogP contribution in [0, 0.1) is 6.92 Å². The second kappa shape index (κ2) is 6.89. The maximum absolute atomic E-state index is 12.2. The van der Waals surface area contributed by atoms with E-state index in [-0.39, 0.29) is 11.9 Å². The van der Waals surface area contributed by atoms with Crippen molar-refractivity contribution in [1.82, 2.24) is 25.3 Å². The minimum absolute atomic E-state index is 0.125. The van der Waals surface area contributed by atoms with Crippen molar-refractivity contribution in [2.45, 2.75) is 13.0 Å². The SMILES string of the molecule is Cc1nnc(C(=O)NCC(c2ccc(Cl)cc2)n2cccn2)s1. The van der Waals surface area contributed by atoms with E-state index >= 15 is 0 Å². The third kappa shape index (κ3) is 3.75. The van der Waals surface area contributed by atoms with E-state index in [0.29, 0.717) is 16.6 Å². The molecule has 0 fully saturated rings. The highest BCUT2D eigenvalue weighted by Crippen LogP contribution is 2.19. The molecule has 118 valence electrons. The van der Waals surface area contributed by atoms with E-state index in [1.165, 1.54) is 11.3 Å². The van der Waals surface area contributed by atoms with Gasteiger partial charge in [0, 0.05) is 24.0 Å². The first kappa shape index (κ1) is 15.6. The van der Waals surface area contributed by atoms with E-state index in [2.05, 4.69) is 20.6 Å². The van der Waals surface area contributed by atoms with Crippen LogP contribution >= 0.6 is 22.9 Å². The van der Waals surface area contributed by atoms with Gasteiger partial charge in [-0.1, -0.05) is 35.1 Å². The fourth-order valence-electron chi connectivity index (χ4n) is 2.17. The molecule has 0 aliphatic rings. The van der Waals surface area contributed by atoms with E-state index in [1.54, 1.807) is 10.9 Å². The second-order valence-electron chi connectivity index (χ2n) is 4.89. The van der Waals surface area contributed by atoms with Crippen LogP contribution in [-0.2, 0) is 0 Å². The summed E-state index contributed by atoms with van der Waals surface area (Å²) >= 11 is 7.21. The number of nitrogens with one attached hydrogen (secondary N) is 1. The highest BCUT2D eigenvalue weighted by atomic mass is 35.5. The van der Waals surface area contributed by atoms with Gasteiger partial charge in [0.15, 0.2) is 0 Å². The van der Waals surface area contributed by atoms with Crippen molar-refractivity contribution in [1.29, 1.82) is 0 Å². The molecule has 1 N–H and O–H groups in total. The number of carbonyl (C=O) groups excluding carboxylic acids is 1. The molecule has 0 aliphatic heterocycles. The Kier molecular flexibility index (Phi) is 4.68. The molecule has 0 saturated heterocycles. The fourth-order valence-corrected chi connectivity index (χ4v) is 2.90. The van der Waals surface area contributed by atoms with E-state index < -0.39 is 0 Å². The molecule has 2 heterocycles. The van der Waals surface area contributed by atoms with Gasteiger partial charge in [-0.25, -0.2) is 0 Å². The molecule has 23 heavy (non-hydrogen) atoms. The number of halogens is 1. The number of rotatable bonds is 5. The Balaban J connectivity index is 1.77. The Hall–Kier alpha value is -2.25. The monoisotopic (exact) mass is 347 g/mol. The number of aryl methyl sites for hydroxylation is 1. The minimum Gasteiger partial charge on any atom is -0.347 e. The molecular formula is C15H14ClN5OS. The molecule has 1 amide bonds. The van der Waals surface area contributed by atoms with Crippen molar-refractivity contribution in [2.75, 3.05) is 6.54 Å². The van der Waals surface area contributed by atoms with Gasteiger partial charge in [0.05, 0.1) is 6.04 Å². The van der Waals surface area contributed by atoms with Crippen molar-refractivity contribution in [3.8, 4) is 0 Å². The average molecular weight is 348 g/mol. The molecule has 0 spiro atoms. The lowest BCUT2D eigenvalue weighted by atomic mass is 10.1. The number of hydrogen-bond acceptors (Lipinski definition) is 5. The molecule has 0 radical (unpaired) electrons. The van der Waals surface area contributed by atoms with E-state index in [9.17, 15) is 4.79 Å². The number of benzene rings is 1. The highest BCUT2D eigenvalue weighted by Gasteiger charge is 2.17. The summed E-state index contributed by atoms with van der Waals surface area (Å²) < 4.78 is 1.80. The lowest BCUT2D eigenvalue weighted by Gasteiger charge is -2.18. The number of carbonyl (C=O) groups is 1. The van der Waals surface area contributed by atoms with Crippen molar-refractivity contribution in [2.24, 2.45) is 0 Å². The Bertz CT molecular complexity index is 785. The lowest BCUT2D eigenvalue weighted by Crippen LogP contribution is -2.31. The summed E-state index contributed by atoms with van der Waals surface area (Å²) in [7, 11) is 0. The van der Waals surface area contributed by atoms with E-state index in [4.69, 9.17) is 11.6 Å². The zero-order valence-corrected chi connectivity index (χ0v) is 13.9. The first-order chi connectivity index (χ1) is 11.1. The van der Waals surface area contributed by atoms with Crippen LogP contribution in [0.25, 0.3) is 0 Å². The molecule has 8 heteroatoms. The Morgan fingerprint density at radius 1 is 1.35 bits per heavy atom. The predicted molar refractivity (Wildman–Crippen MR) is 88.8 cm³/mol. The van der Waals surface area contributed by atoms with Crippen LogP contribution in [0.2, 0.25) is 5.02 Å². The van der Waals surface area contributed by atoms with Crippen LogP contribution in [0.1, 0.15) is 26.4 Å². The fraction of sp³-hybridized carbons (Fsp3) is 0.200. The molecule has 6 nitrogen and oxygen atoms in total. The molecule has 0 bridgehead atoms.